The lowest BCUT2D eigenvalue weighted by Crippen LogP contribution is -1.99. The van der Waals surface area contributed by atoms with E-state index in [-0.39, 0.29) is 0 Å². The van der Waals surface area contributed by atoms with Crippen LogP contribution in [0.2, 0.25) is 0 Å². The fourth-order valence-electron chi connectivity index (χ4n) is 10.3. The molecule has 0 saturated carbocycles. The Balaban J connectivity index is 1.02. The minimum Gasteiger partial charge on any atom is -0.309 e. The number of fused-ring (bicyclic) bond motifs is 15. The first kappa shape index (κ1) is 30.9. The van der Waals surface area contributed by atoms with E-state index in [1.165, 1.54) is 121 Å². The summed E-state index contributed by atoms with van der Waals surface area (Å²) in [5.41, 5.74) is 15.4. The molecular weight excluding hydrogens is 689 g/mol. The SMILES string of the molecule is c1ccc(-n2c3ccccc3c3cc4c(cc32)c2ccccc2n4-c2cccc3c2Cc2c(-c4ccc5c6ccccc6c6ccccc6c5c4)cccc2-3)cc1. The summed E-state index contributed by atoms with van der Waals surface area (Å²) in [6.45, 7) is 0. The minimum atomic E-state index is 0.872. The van der Waals surface area contributed by atoms with Crippen LogP contribution >= 0.6 is 0 Å². The van der Waals surface area contributed by atoms with E-state index in [0.717, 1.165) is 6.42 Å². The summed E-state index contributed by atoms with van der Waals surface area (Å²) < 4.78 is 4.96. The van der Waals surface area contributed by atoms with Gasteiger partial charge in [-0.15, -0.1) is 0 Å². The van der Waals surface area contributed by atoms with Crippen LogP contribution in [0.15, 0.2) is 194 Å². The molecule has 0 unspecified atom stereocenters. The van der Waals surface area contributed by atoms with Crippen LogP contribution in [0.25, 0.3) is 110 Å². The number of nitrogens with zero attached hydrogens (tertiary/aromatic N) is 2. The van der Waals surface area contributed by atoms with Crippen LogP contribution in [0, 0.1) is 0 Å². The van der Waals surface area contributed by atoms with E-state index in [9.17, 15) is 0 Å². The molecule has 0 radical (unpaired) electrons. The number of aromatic nitrogens is 2. The second-order valence-corrected chi connectivity index (χ2v) is 15.6. The Morgan fingerprint density at radius 1 is 0.281 bits per heavy atom. The van der Waals surface area contributed by atoms with Crippen molar-refractivity contribution in [3.05, 3.63) is 205 Å². The largest absolute Gasteiger partial charge is 0.309 e. The van der Waals surface area contributed by atoms with Gasteiger partial charge in [0.15, 0.2) is 0 Å². The van der Waals surface area contributed by atoms with Crippen molar-refractivity contribution in [1.29, 1.82) is 0 Å². The lowest BCUT2D eigenvalue weighted by Gasteiger charge is -2.14. The van der Waals surface area contributed by atoms with Gasteiger partial charge < -0.3 is 9.13 Å². The molecule has 0 saturated heterocycles. The Morgan fingerprint density at radius 3 is 1.44 bits per heavy atom. The Labute approximate surface area is 329 Å². The molecule has 0 amide bonds. The first-order valence-corrected chi connectivity index (χ1v) is 19.9. The second-order valence-electron chi connectivity index (χ2n) is 15.6. The molecule has 264 valence electrons. The molecule has 13 rings (SSSR count). The normalized spacial score (nSPS) is 12.5. The van der Waals surface area contributed by atoms with Crippen LogP contribution in [0.1, 0.15) is 11.1 Å². The maximum Gasteiger partial charge on any atom is 0.0548 e. The molecule has 0 aliphatic heterocycles. The average molecular weight is 723 g/mol. The van der Waals surface area contributed by atoms with Crippen molar-refractivity contribution < 1.29 is 0 Å². The van der Waals surface area contributed by atoms with Crippen molar-refractivity contribution in [2.45, 2.75) is 6.42 Å². The first-order valence-electron chi connectivity index (χ1n) is 19.9. The van der Waals surface area contributed by atoms with Crippen LogP contribution in [-0.4, -0.2) is 9.13 Å². The fraction of sp³-hybridized carbons (Fsp3) is 0.0182. The summed E-state index contributed by atoms with van der Waals surface area (Å²) in [4.78, 5) is 0. The molecule has 1 aliphatic rings. The van der Waals surface area contributed by atoms with Gasteiger partial charge in [-0.1, -0.05) is 146 Å². The van der Waals surface area contributed by atoms with E-state index in [4.69, 9.17) is 0 Å². The van der Waals surface area contributed by atoms with Crippen LogP contribution in [-0.2, 0) is 6.42 Å². The van der Waals surface area contributed by atoms with Gasteiger partial charge in [-0.3, -0.25) is 0 Å². The quantitative estimate of drug-likeness (QED) is 0.161. The topological polar surface area (TPSA) is 9.86 Å². The second kappa shape index (κ2) is 11.6. The molecule has 2 aromatic heterocycles. The van der Waals surface area contributed by atoms with Gasteiger partial charge in [0.2, 0.25) is 0 Å². The molecule has 12 aromatic rings. The highest BCUT2D eigenvalue weighted by Crippen LogP contribution is 2.47. The van der Waals surface area contributed by atoms with E-state index in [2.05, 4.69) is 203 Å². The molecule has 10 aromatic carbocycles. The van der Waals surface area contributed by atoms with Gasteiger partial charge in [0.25, 0.3) is 0 Å². The summed E-state index contributed by atoms with van der Waals surface area (Å²) in [6.07, 6.45) is 0.872. The summed E-state index contributed by atoms with van der Waals surface area (Å²) in [5, 5.41) is 12.9. The van der Waals surface area contributed by atoms with Crippen molar-refractivity contribution in [3.63, 3.8) is 0 Å². The zero-order chi connectivity index (χ0) is 37.2. The predicted molar refractivity (Wildman–Crippen MR) is 241 cm³/mol. The standard InChI is InChI=1S/C55H34N2/c1-2-14-35(15-3-1)56-51-25-10-8-20-44(51)49-33-55-50(32-54(49)56)45-21-9-11-26-52(45)57(55)53-27-13-24-42-41-23-12-22-36(47(41)31-48(42)53)34-28-29-43-39-18-5-4-16-37(39)38-17-6-7-19-40(38)46(43)30-34/h1-30,32-33H,31H2. The third kappa shape index (κ3) is 4.24. The molecule has 0 fully saturated rings. The van der Waals surface area contributed by atoms with Crippen LogP contribution in [0.3, 0.4) is 0 Å². The third-order valence-electron chi connectivity index (χ3n) is 12.7. The molecular formula is C55H34N2. The van der Waals surface area contributed by atoms with Crippen LogP contribution in [0.5, 0.6) is 0 Å². The predicted octanol–water partition coefficient (Wildman–Crippen LogP) is 14.6. The van der Waals surface area contributed by atoms with Crippen molar-refractivity contribution >= 4 is 75.9 Å². The summed E-state index contributed by atoms with van der Waals surface area (Å²) in [6, 6.07) is 72.1. The lowest BCUT2D eigenvalue weighted by molar-refractivity contribution is 1.12. The van der Waals surface area contributed by atoms with Gasteiger partial charge in [0.05, 0.1) is 27.8 Å². The van der Waals surface area contributed by atoms with Crippen molar-refractivity contribution in [3.8, 4) is 33.6 Å². The van der Waals surface area contributed by atoms with E-state index in [1.54, 1.807) is 0 Å². The highest BCUT2D eigenvalue weighted by molar-refractivity contribution is 6.26. The zero-order valence-corrected chi connectivity index (χ0v) is 31.1. The molecule has 2 nitrogen and oxygen atoms in total. The number of rotatable bonds is 3. The molecule has 0 N–H and O–H groups in total. The Kier molecular flexibility index (Phi) is 6.25. The van der Waals surface area contributed by atoms with Gasteiger partial charge in [-0.2, -0.15) is 0 Å². The Morgan fingerprint density at radius 2 is 0.772 bits per heavy atom. The highest BCUT2D eigenvalue weighted by atomic mass is 15.0. The minimum absolute atomic E-state index is 0.872. The Bertz CT molecular complexity index is 3620. The van der Waals surface area contributed by atoms with E-state index >= 15 is 0 Å². The fourth-order valence-corrected chi connectivity index (χ4v) is 10.3. The number of para-hydroxylation sites is 3. The van der Waals surface area contributed by atoms with Crippen molar-refractivity contribution in [1.82, 2.24) is 9.13 Å². The highest BCUT2D eigenvalue weighted by Gasteiger charge is 2.27. The zero-order valence-electron chi connectivity index (χ0n) is 31.1. The maximum atomic E-state index is 2.54. The van der Waals surface area contributed by atoms with Gasteiger partial charge in [-0.05, 0) is 114 Å². The number of hydrogen-bond donors (Lipinski definition) is 0. The summed E-state index contributed by atoms with van der Waals surface area (Å²) in [5.74, 6) is 0. The molecule has 2 heterocycles. The molecule has 2 heteroatoms. The molecule has 0 bridgehead atoms. The summed E-state index contributed by atoms with van der Waals surface area (Å²) >= 11 is 0. The number of benzene rings is 10. The van der Waals surface area contributed by atoms with E-state index < -0.39 is 0 Å². The summed E-state index contributed by atoms with van der Waals surface area (Å²) in [7, 11) is 0. The van der Waals surface area contributed by atoms with Gasteiger partial charge in [0.1, 0.15) is 0 Å². The number of hydrogen-bond acceptors (Lipinski definition) is 0. The average Bonchev–Trinajstić information content (AvgIpc) is 3.93. The van der Waals surface area contributed by atoms with Gasteiger partial charge in [0, 0.05) is 33.7 Å². The van der Waals surface area contributed by atoms with Crippen LogP contribution in [0.4, 0.5) is 0 Å². The lowest BCUT2D eigenvalue weighted by atomic mass is 9.90. The Hall–Kier alpha value is -7.42. The van der Waals surface area contributed by atoms with Gasteiger partial charge >= 0.3 is 0 Å². The van der Waals surface area contributed by atoms with Crippen molar-refractivity contribution in [2.75, 3.05) is 0 Å². The molecule has 1 aliphatic carbocycles. The van der Waals surface area contributed by atoms with E-state index in [0.29, 0.717) is 0 Å². The van der Waals surface area contributed by atoms with Crippen molar-refractivity contribution in [2.24, 2.45) is 0 Å². The third-order valence-corrected chi connectivity index (χ3v) is 12.7. The van der Waals surface area contributed by atoms with E-state index in [1.807, 2.05) is 0 Å². The first-order chi connectivity index (χ1) is 28.3. The van der Waals surface area contributed by atoms with Gasteiger partial charge in [-0.25, -0.2) is 0 Å². The van der Waals surface area contributed by atoms with Crippen LogP contribution < -0.4 is 0 Å². The monoisotopic (exact) mass is 722 g/mol. The smallest absolute Gasteiger partial charge is 0.0548 e. The molecule has 0 spiro atoms. The molecule has 57 heavy (non-hydrogen) atoms. The molecule has 0 atom stereocenters. The maximum absolute atomic E-state index is 2.54.